The summed E-state index contributed by atoms with van der Waals surface area (Å²) in [5.41, 5.74) is 0. The largest absolute Gasteiger partial charge is 0.353 e. The molecule has 7 heteroatoms. The average molecular weight is 359 g/mol. The van der Waals surface area contributed by atoms with Gasteiger partial charge in [0.1, 0.15) is 5.82 Å². The Morgan fingerprint density at radius 1 is 0.960 bits per heavy atom. The Morgan fingerprint density at radius 2 is 1.64 bits per heavy atom. The third-order valence-corrected chi connectivity index (χ3v) is 6.02. The Hall–Kier alpha value is -2.41. The van der Waals surface area contributed by atoms with E-state index in [0.29, 0.717) is 26.2 Å². The lowest BCUT2D eigenvalue weighted by molar-refractivity contribution is -0.131. The highest BCUT2D eigenvalue weighted by molar-refractivity contribution is 7.91. The summed E-state index contributed by atoms with van der Waals surface area (Å²) >= 11 is 0. The molecule has 0 bridgehead atoms. The number of piperazine rings is 1. The van der Waals surface area contributed by atoms with E-state index in [4.69, 9.17) is 0 Å². The van der Waals surface area contributed by atoms with E-state index in [-0.39, 0.29) is 23.0 Å². The van der Waals surface area contributed by atoms with Crippen molar-refractivity contribution in [3.8, 4) is 0 Å². The van der Waals surface area contributed by atoms with Crippen LogP contribution in [-0.2, 0) is 14.6 Å². The van der Waals surface area contributed by atoms with Gasteiger partial charge in [-0.2, -0.15) is 0 Å². The van der Waals surface area contributed by atoms with Crippen LogP contribution in [0.2, 0.25) is 0 Å². The van der Waals surface area contributed by atoms with Gasteiger partial charge in [-0.25, -0.2) is 13.4 Å². The van der Waals surface area contributed by atoms with Crippen molar-refractivity contribution in [1.82, 2.24) is 9.88 Å². The van der Waals surface area contributed by atoms with E-state index in [1.165, 1.54) is 0 Å². The maximum atomic E-state index is 12.3. The predicted octanol–water partition coefficient (Wildman–Crippen LogP) is 1.59. The Morgan fingerprint density at radius 3 is 2.28 bits per heavy atom. The molecule has 1 aromatic carbocycles. The van der Waals surface area contributed by atoms with E-state index in [9.17, 15) is 13.2 Å². The zero-order chi connectivity index (χ0) is 17.7. The molecule has 1 aliphatic heterocycles. The first-order valence-corrected chi connectivity index (χ1v) is 9.93. The molecule has 0 atom stereocenters. The fourth-order valence-electron chi connectivity index (χ4n) is 2.85. The number of anilines is 1. The summed E-state index contributed by atoms with van der Waals surface area (Å²) in [6.45, 7) is 2.57. The quantitative estimate of drug-likeness (QED) is 0.811. The third-order valence-electron chi connectivity index (χ3n) is 4.29. The van der Waals surface area contributed by atoms with Gasteiger partial charge < -0.3 is 9.80 Å². The van der Waals surface area contributed by atoms with E-state index in [0.717, 1.165) is 5.82 Å². The second-order valence-electron chi connectivity index (χ2n) is 5.94. The lowest BCUT2D eigenvalue weighted by Gasteiger charge is -2.35. The summed E-state index contributed by atoms with van der Waals surface area (Å²) in [4.78, 5) is 20.8. The second kappa shape index (κ2) is 7.65. The van der Waals surface area contributed by atoms with Crippen LogP contribution < -0.4 is 4.90 Å². The summed E-state index contributed by atoms with van der Waals surface area (Å²) in [5.74, 6) is 0.637. The minimum Gasteiger partial charge on any atom is -0.353 e. The minimum absolute atomic E-state index is 0.0147. The van der Waals surface area contributed by atoms with Crippen LogP contribution in [0.5, 0.6) is 0 Å². The zero-order valence-corrected chi connectivity index (χ0v) is 14.7. The molecule has 0 N–H and O–H groups in total. The number of hydrogen-bond donors (Lipinski definition) is 0. The van der Waals surface area contributed by atoms with Crippen molar-refractivity contribution in [3.63, 3.8) is 0 Å². The van der Waals surface area contributed by atoms with E-state index < -0.39 is 9.84 Å². The van der Waals surface area contributed by atoms with Gasteiger partial charge in [-0.05, 0) is 24.3 Å². The Bertz CT molecular complexity index is 802. The highest BCUT2D eigenvalue weighted by Crippen LogP contribution is 2.15. The predicted molar refractivity (Wildman–Crippen MR) is 96.1 cm³/mol. The van der Waals surface area contributed by atoms with Gasteiger partial charge in [0.25, 0.3) is 0 Å². The SMILES string of the molecule is O=C(CCS(=O)(=O)c1ccccc1)N1CCN(c2ccccn2)CC1. The van der Waals surface area contributed by atoms with Crippen LogP contribution in [0.4, 0.5) is 5.82 Å². The average Bonchev–Trinajstić information content (AvgIpc) is 2.68. The highest BCUT2D eigenvalue weighted by Gasteiger charge is 2.23. The number of hydrogen-bond acceptors (Lipinski definition) is 5. The van der Waals surface area contributed by atoms with Crippen LogP contribution in [0.25, 0.3) is 0 Å². The van der Waals surface area contributed by atoms with E-state index in [1.54, 1.807) is 41.4 Å². The number of amides is 1. The summed E-state index contributed by atoms with van der Waals surface area (Å²) in [7, 11) is -3.42. The van der Waals surface area contributed by atoms with Gasteiger partial charge in [0.05, 0.1) is 10.6 Å². The van der Waals surface area contributed by atoms with Crippen molar-refractivity contribution >= 4 is 21.6 Å². The fourth-order valence-corrected chi connectivity index (χ4v) is 4.10. The van der Waals surface area contributed by atoms with Crippen LogP contribution in [0.15, 0.2) is 59.6 Å². The first-order valence-electron chi connectivity index (χ1n) is 8.28. The third kappa shape index (κ3) is 4.36. The molecule has 1 fully saturated rings. The van der Waals surface area contributed by atoms with E-state index in [1.807, 2.05) is 18.2 Å². The monoisotopic (exact) mass is 359 g/mol. The number of benzene rings is 1. The van der Waals surface area contributed by atoms with E-state index >= 15 is 0 Å². The first kappa shape index (κ1) is 17.4. The molecule has 1 saturated heterocycles. The van der Waals surface area contributed by atoms with Gasteiger partial charge >= 0.3 is 0 Å². The number of sulfone groups is 1. The van der Waals surface area contributed by atoms with Crippen LogP contribution in [0, 0.1) is 0 Å². The minimum atomic E-state index is -3.42. The Labute approximate surface area is 148 Å². The summed E-state index contributed by atoms with van der Waals surface area (Å²) in [6.07, 6.45) is 1.77. The second-order valence-corrected chi connectivity index (χ2v) is 8.05. The molecule has 25 heavy (non-hydrogen) atoms. The van der Waals surface area contributed by atoms with Crippen LogP contribution in [-0.4, -0.2) is 56.1 Å². The molecule has 6 nitrogen and oxygen atoms in total. The molecule has 3 rings (SSSR count). The lowest BCUT2D eigenvalue weighted by atomic mass is 10.3. The number of carbonyl (C=O) groups is 1. The molecule has 2 aromatic rings. The topological polar surface area (TPSA) is 70.6 Å². The molecule has 1 aromatic heterocycles. The van der Waals surface area contributed by atoms with Gasteiger partial charge in [-0.1, -0.05) is 24.3 Å². The van der Waals surface area contributed by atoms with Gasteiger partial charge in [0.2, 0.25) is 5.91 Å². The van der Waals surface area contributed by atoms with Gasteiger partial charge in [-0.3, -0.25) is 4.79 Å². The van der Waals surface area contributed by atoms with Crippen molar-refractivity contribution in [3.05, 3.63) is 54.7 Å². The number of carbonyl (C=O) groups excluding carboxylic acids is 1. The van der Waals surface area contributed by atoms with E-state index in [2.05, 4.69) is 9.88 Å². The normalized spacial score (nSPS) is 15.2. The molecule has 0 saturated carbocycles. The van der Waals surface area contributed by atoms with Gasteiger partial charge in [0, 0.05) is 38.8 Å². The number of pyridine rings is 1. The number of aromatic nitrogens is 1. The van der Waals surface area contributed by atoms with Gasteiger partial charge in [-0.15, -0.1) is 0 Å². The maximum Gasteiger partial charge on any atom is 0.223 e. The molecule has 0 aliphatic carbocycles. The standard InChI is InChI=1S/C18H21N3O3S/c22-18(9-15-25(23,24)16-6-2-1-3-7-16)21-13-11-20(12-14-21)17-8-4-5-10-19-17/h1-8,10H,9,11-15H2. The van der Waals surface area contributed by atoms with Crippen LogP contribution in [0.3, 0.4) is 0 Å². The summed E-state index contributed by atoms with van der Waals surface area (Å²) in [5, 5.41) is 0. The maximum absolute atomic E-state index is 12.3. The molecular formula is C18H21N3O3S. The van der Waals surface area contributed by atoms with Crippen molar-refractivity contribution in [2.24, 2.45) is 0 Å². The van der Waals surface area contributed by atoms with Crippen molar-refractivity contribution in [2.45, 2.75) is 11.3 Å². The van der Waals surface area contributed by atoms with Gasteiger partial charge in [0.15, 0.2) is 9.84 Å². The van der Waals surface area contributed by atoms with Crippen LogP contribution >= 0.6 is 0 Å². The Kier molecular flexibility index (Phi) is 5.33. The molecule has 0 unspecified atom stereocenters. The molecule has 0 radical (unpaired) electrons. The first-order chi connectivity index (χ1) is 12.1. The molecule has 0 spiro atoms. The summed E-state index contributed by atoms with van der Waals surface area (Å²) < 4.78 is 24.5. The number of nitrogens with zero attached hydrogens (tertiary/aromatic N) is 3. The molecule has 132 valence electrons. The zero-order valence-electron chi connectivity index (χ0n) is 13.9. The summed E-state index contributed by atoms with van der Waals surface area (Å²) in [6, 6.07) is 14.0. The highest BCUT2D eigenvalue weighted by atomic mass is 32.2. The molecule has 1 aliphatic rings. The fraction of sp³-hybridized carbons (Fsp3) is 0.333. The number of rotatable bonds is 5. The Balaban J connectivity index is 1.52. The molecule has 1 amide bonds. The molecule has 2 heterocycles. The lowest BCUT2D eigenvalue weighted by Crippen LogP contribution is -2.49. The van der Waals surface area contributed by atoms with Crippen LogP contribution in [0.1, 0.15) is 6.42 Å². The van der Waals surface area contributed by atoms with Crippen molar-refractivity contribution < 1.29 is 13.2 Å². The van der Waals surface area contributed by atoms with Crippen molar-refractivity contribution in [2.75, 3.05) is 36.8 Å². The smallest absolute Gasteiger partial charge is 0.223 e. The molecular weight excluding hydrogens is 338 g/mol. The van der Waals surface area contributed by atoms with Crippen molar-refractivity contribution in [1.29, 1.82) is 0 Å².